The van der Waals surface area contributed by atoms with Gasteiger partial charge in [0.25, 0.3) is 0 Å². The summed E-state index contributed by atoms with van der Waals surface area (Å²) in [5.74, 6) is -0.157. The van der Waals surface area contributed by atoms with Gasteiger partial charge in [0.2, 0.25) is 5.91 Å². The zero-order valence-corrected chi connectivity index (χ0v) is 11.8. The molecule has 1 aromatic rings. The van der Waals surface area contributed by atoms with Gasteiger partial charge in [-0.1, -0.05) is 30.3 Å². The van der Waals surface area contributed by atoms with Gasteiger partial charge in [0.1, 0.15) is 6.61 Å². The second-order valence-electron chi connectivity index (χ2n) is 5.47. The number of rotatable bonds is 6. The maximum atomic E-state index is 11.5. The lowest BCUT2D eigenvalue weighted by Crippen LogP contribution is -2.33. The maximum absolute atomic E-state index is 11.5. The standard InChI is InChI=1S/C15H23NO3/c1-15(2,3)19-11-14(18)16-10-9-13(17)12-7-5-4-6-8-12/h4-8,13,17H,9-11H2,1-3H3,(H,16,18). The van der Waals surface area contributed by atoms with Crippen LogP contribution in [0, 0.1) is 0 Å². The lowest BCUT2D eigenvalue weighted by molar-refractivity contribution is -0.130. The van der Waals surface area contributed by atoms with Crippen molar-refractivity contribution >= 4 is 5.91 Å². The molecule has 1 aromatic carbocycles. The van der Waals surface area contributed by atoms with Crippen LogP contribution in [0.25, 0.3) is 0 Å². The van der Waals surface area contributed by atoms with E-state index in [1.165, 1.54) is 0 Å². The predicted octanol–water partition coefficient (Wildman–Crippen LogP) is 2.04. The molecule has 106 valence electrons. The van der Waals surface area contributed by atoms with Crippen molar-refractivity contribution in [2.75, 3.05) is 13.2 Å². The van der Waals surface area contributed by atoms with Crippen LogP contribution >= 0.6 is 0 Å². The fourth-order valence-electron chi connectivity index (χ4n) is 1.52. The van der Waals surface area contributed by atoms with E-state index in [0.717, 1.165) is 5.56 Å². The number of benzene rings is 1. The number of ether oxygens (including phenoxy) is 1. The van der Waals surface area contributed by atoms with Gasteiger partial charge in [0, 0.05) is 6.54 Å². The molecule has 0 bridgehead atoms. The maximum Gasteiger partial charge on any atom is 0.246 e. The van der Waals surface area contributed by atoms with Gasteiger partial charge >= 0.3 is 0 Å². The second-order valence-corrected chi connectivity index (χ2v) is 5.47. The van der Waals surface area contributed by atoms with E-state index in [2.05, 4.69) is 5.32 Å². The number of hydrogen-bond acceptors (Lipinski definition) is 3. The molecule has 0 aromatic heterocycles. The van der Waals surface area contributed by atoms with Gasteiger partial charge in [-0.2, -0.15) is 0 Å². The van der Waals surface area contributed by atoms with E-state index in [1.807, 2.05) is 51.1 Å². The highest BCUT2D eigenvalue weighted by atomic mass is 16.5. The molecular weight excluding hydrogens is 242 g/mol. The van der Waals surface area contributed by atoms with Crippen molar-refractivity contribution < 1.29 is 14.6 Å². The highest BCUT2D eigenvalue weighted by Crippen LogP contribution is 2.14. The minimum Gasteiger partial charge on any atom is -0.388 e. The summed E-state index contributed by atoms with van der Waals surface area (Å²) in [5, 5.41) is 12.6. The summed E-state index contributed by atoms with van der Waals surface area (Å²) in [5.41, 5.74) is 0.545. The molecule has 1 amide bonds. The first-order valence-electron chi connectivity index (χ1n) is 6.52. The number of carbonyl (C=O) groups excluding carboxylic acids is 1. The van der Waals surface area contributed by atoms with Crippen molar-refractivity contribution in [1.82, 2.24) is 5.32 Å². The third kappa shape index (κ3) is 6.94. The lowest BCUT2D eigenvalue weighted by Gasteiger charge is -2.19. The molecule has 0 aliphatic heterocycles. The molecule has 1 unspecified atom stereocenters. The smallest absolute Gasteiger partial charge is 0.246 e. The quantitative estimate of drug-likeness (QED) is 0.827. The van der Waals surface area contributed by atoms with Crippen LogP contribution < -0.4 is 5.32 Å². The highest BCUT2D eigenvalue weighted by molar-refractivity contribution is 5.77. The van der Waals surface area contributed by atoms with Crippen LogP contribution in [0.1, 0.15) is 38.9 Å². The van der Waals surface area contributed by atoms with Crippen molar-refractivity contribution in [3.8, 4) is 0 Å². The Hall–Kier alpha value is -1.39. The molecule has 19 heavy (non-hydrogen) atoms. The first-order chi connectivity index (χ1) is 8.88. The summed E-state index contributed by atoms with van der Waals surface area (Å²) >= 11 is 0. The first kappa shape index (κ1) is 15.7. The molecule has 0 saturated heterocycles. The average molecular weight is 265 g/mol. The Balaban J connectivity index is 2.22. The topological polar surface area (TPSA) is 58.6 Å². The molecule has 0 radical (unpaired) electrons. The number of nitrogens with one attached hydrogen (secondary N) is 1. The van der Waals surface area contributed by atoms with Crippen LogP contribution in [-0.2, 0) is 9.53 Å². The highest BCUT2D eigenvalue weighted by Gasteiger charge is 2.13. The van der Waals surface area contributed by atoms with E-state index in [4.69, 9.17) is 4.74 Å². The SMILES string of the molecule is CC(C)(C)OCC(=O)NCCC(O)c1ccccc1. The number of aliphatic hydroxyl groups is 1. The Kier molecular flexibility index (Phi) is 5.99. The van der Waals surface area contributed by atoms with Crippen molar-refractivity contribution in [3.63, 3.8) is 0 Å². The number of carbonyl (C=O) groups is 1. The normalized spacial score (nSPS) is 13.1. The van der Waals surface area contributed by atoms with E-state index in [-0.39, 0.29) is 18.1 Å². The third-order valence-corrected chi connectivity index (χ3v) is 2.56. The van der Waals surface area contributed by atoms with Crippen LogP contribution in [0.4, 0.5) is 0 Å². The molecule has 1 atom stereocenters. The molecule has 2 N–H and O–H groups in total. The summed E-state index contributed by atoms with van der Waals surface area (Å²) in [6, 6.07) is 9.41. The third-order valence-electron chi connectivity index (χ3n) is 2.56. The molecule has 0 saturated carbocycles. The van der Waals surface area contributed by atoms with E-state index in [0.29, 0.717) is 13.0 Å². The Morgan fingerprint density at radius 3 is 2.53 bits per heavy atom. The van der Waals surface area contributed by atoms with Crippen molar-refractivity contribution in [2.45, 2.75) is 38.9 Å². The van der Waals surface area contributed by atoms with Crippen molar-refractivity contribution in [2.24, 2.45) is 0 Å². The van der Waals surface area contributed by atoms with E-state index in [9.17, 15) is 9.90 Å². The molecule has 0 fully saturated rings. The minimum atomic E-state index is -0.551. The van der Waals surface area contributed by atoms with Crippen molar-refractivity contribution in [1.29, 1.82) is 0 Å². The summed E-state index contributed by atoms with van der Waals surface area (Å²) in [4.78, 5) is 11.5. The van der Waals surface area contributed by atoms with Gasteiger partial charge in [-0.05, 0) is 32.8 Å². The van der Waals surface area contributed by atoms with Crippen LogP contribution in [0.5, 0.6) is 0 Å². The molecule has 4 nitrogen and oxygen atoms in total. The van der Waals surface area contributed by atoms with E-state index < -0.39 is 6.10 Å². The number of aliphatic hydroxyl groups excluding tert-OH is 1. The summed E-state index contributed by atoms with van der Waals surface area (Å²) < 4.78 is 5.36. The van der Waals surface area contributed by atoms with Gasteiger partial charge in [-0.15, -0.1) is 0 Å². The van der Waals surface area contributed by atoms with Crippen LogP contribution in [0.3, 0.4) is 0 Å². The minimum absolute atomic E-state index is 0.0466. The van der Waals surface area contributed by atoms with Gasteiger partial charge < -0.3 is 15.2 Å². The Morgan fingerprint density at radius 2 is 1.95 bits per heavy atom. The zero-order valence-electron chi connectivity index (χ0n) is 11.8. The fourth-order valence-corrected chi connectivity index (χ4v) is 1.52. The molecule has 0 heterocycles. The first-order valence-corrected chi connectivity index (χ1v) is 6.52. The monoisotopic (exact) mass is 265 g/mol. The average Bonchev–Trinajstić information content (AvgIpc) is 2.36. The fraction of sp³-hybridized carbons (Fsp3) is 0.533. The molecule has 4 heteroatoms. The molecule has 1 rings (SSSR count). The summed E-state index contributed by atoms with van der Waals surface area (Å²) in [7, 11) is 0. The summed E-state index contributed by atoms with van der Waals surface area (Å²) in [6.45, 7) is 6.19. The van der Waals surface area contributed by atoms with Gasteiger partial charge in [0.15, 0.2) is 0 Å². The molecule has 0 aliphatic rings. The largest absolute Gasteiger partial charge is 0.388 e. The van der Waals surface area contributed by atoms with Crippen molar-refractivity contribution in [3.05, 3.63) is 35.9 Å². The van der Waals surface area contributed by atoms with E-state index in [1.54, 1.807) is 0 Å². The van der Waals surface area contributed by atoms with Gasteiger partial charge in [0.05, 0.1) is 11.7 Å². The van der Waals surface area contributed by atoms with Crippen LogP contribution in [-0.4, -0.2) is 29.8 Å². The zero-order chi connectivity index (χ0) is 14.3. The van der Waals surface area contributed by atoms with Gasteiger partial charge in [-0.3, -0.25) is 4.79 Å². The Bertz CT molecular complexity index is 384. The Labute approximate surface area is 114 Å². The Morgan fingerprint density at radius 1 is 1.32 bits per heavy atom. The van der Waals surface area contributed by atoms with E-state index >= 15 is 0 Å². The van der Waals surface area contributed by atoms with Crippen LogP contribution in [0.2, 0.25) is 0 Å². The second kappa shape index (κ2) is 7.26. The molecule has 0 spiro atoms. The van der Waals surface area contributed by atoms with Crippen LogP contribution in [0.15, 0.2) is 30.3 Å². The van der Waals surface area contributed by atoms with Gasteiger partial charge in [-0.25, -0.2) is 0 Å². The molecular formula is C15H23NO3. The summed E-state index contributed by atoms with van der Waals surface area (Å²) in [6.07, 6.45) is -0.0596. The number of hydrogen-bond donors (Lipinski definition) is 2. The lowest BCUT2D eigenvalue weighted by atomic mass is 10.1. The predicted molar refractivity (Wildman–Crippen MR) is 74.7 cm³/mol. The number of amides is 1. The molecule has 0 aliphatic carbocycles.